The Hall–Kier alpha value is -1.68. The SMILES string of the molecule is Cc1ccc(C(=O)Nc2cccc(C)c2Br)cc1F. The minimum absolute atomic E-state index is 0.302. The molecule has 0 bridgehead atoms. The van der Waals surface area contributed by atoms with Crippen molar-refractivity contribution in [2.24, 2.45) is 0 Å². The van der Waals surface area contributed by atoms with Crippen molar-refractivity contribution >= 4 is 27.5 Å². The maximum atomic E-state index is 13.4. The zero-order valence-corrected chi connectivity index (χ0v) is 12.2. The van der Waals surface area contributed by atoms with E-state index in [1.807, 2.05) is 19.1 Å². The fourth-order valence-electron chi connectivity index (χ4n) is 1.67. The van der Waals surface area contributed by atoms with Crippen LogP contribution in [0.4, 0.5) is 10.1 Å². The highest BCUT2D eigenvalue weighted by Crippen LogP contribution is 2.26. The molecule has 0 heterocycles. The number of aryl methyl sites for hydroxylation is 2. The number of hydrogen-bond donors (Lipinski definition) is 1. The zero-order chi connectivity index (χ0) is 14.0. The number of nitrogens with one attached hydrogen (secondary N) is 1. The molecule has 0 aromatic heterocycles. The highest BCUT2D eigenvalue weighted by atomic mass is 79.9. The van der Waals surface area contributed by atoms with Gasteiger partial charge in [-0.05, 0) is 59.1 Å². The van der Waals surface area contributed by atoms with E-state index in [1.54, 1.807) is 25.1 Å². The predicted molar refractivity (Wildman–Crippen MR) is 78.0 cm³/mol. The summed E-state index contributed by atoms with van der Waals surface area (Å²) >= 11 is 3.42. The molecule has 1 amide bonds. The molecule has 0 spiro atoms. The molecule has 0 aliphatic heterocycles. The van der Waals surface area contributed by atoms with Crippen molar-refractivity contribution in [2.45, 2.75) is 13.8 Å². The van der Waals surface area contributed by atoms with Crippen LogP contribution in [0.5, 0.6) is 0 Å². The summed E-state index contributed by atoms with van der Waals surface area (Å²) in [6.07, 6.45) is 0. The topological polar surface area (TPSA) is 29.1 Å². The Morgan fingerprint density at radius 3 is 2.58 bits per heavy atom. The van der Waals surface area contributed by atoms with E-state index >= 15 is 0 Å². The van der Waals surface area contributed by atoms with Crippen LogP contribution >= 0.6 is 15.9 Å². The Morgan fingerprint density at radius 1 is 1.16 bits per heavy atom. The van der Waals surface area contributed by atoms with Gasteiger partial charge in [0.25, 0.3) is 5.91 Å². The molecule has 0 saturated carbocycles. The van der Waals surface area contributed by atoms with E-state index in [-0.39, 0.29) is 11.7 Å². The van der Waals surface area contributed by atoms with Crippen LogP contribution in [0.3, 0.4) is 0 Å². The molecule has 0 unspecified atom stereocenters. The summed E-state index contributed by atoms with van der Waals surface area (Å²) in [5, 5.41) is 2.76. The van der Waals surface area contributed by atoms with E-state index < -0.39 is 0 Å². The summed E-state index contributed by atoms with van der Waals surface area (Å²) in [4.78, 5) is 12.0. The predicted octanol–water partition coefficient (Wildman–Crippen LogP) is 4.46. The lowest BCUT2D eigenvalue weighted by atomic mass is 10.1. The molecule has 2 rings (SSSR count). The number of amides is 1. The Bertz CT molecular complexity index is 640. The molecule has 2 aromatic carbocycles. The molecule has 19 heavy (non-hydrogen) atoms. The molecular weight excluding hydrogens is 309 g/mol. The third kappa shape index (κ3) is 3.01. The van der Waals surface area contributed by atoms with E-state index in [0.29, 0.717) is 16.8 Å². The molecule has 2 nitrogen and oxygen atoms in total. The monoisotopic (exact) mass is 321 g/mol. The van der Waals surface area contributed by atoms with Crippen molar-refractivity contribution in [3.8, 4) is 0 Å². The van der Waals surface area contributed by atoms with Crippen LogP contribution in [0.15, 0.2) is 40.9 Å². The molecule has 4 heteroatoms. The van der Waals surface area contributed by atoms with Crippen molar-refractivity contribution in [2.75, 3.05) is 5.32 Å². The normalized spacial score (nSPS) is 10.3. The minimum Gasteiger partial charge on any atom is -0.321 e. The van der Waals surface area contributed by atoms with Gasteiger partial charge in [0, 0.05) is 10.0 Å². The summed E-state index contributed by atoms with van der Waals surface area (Å²) in [5.41, 5.74) is 2.52. The van der Waals surface area contributed by atoms with Crippen LogP contribution < -0.4 is 5.32 Å². The summed E-state index contributed by atoms with van der Waals surface area (Å²) in [6.45, 7) is 3.60. The van der Waals surface area contributed by atoms with Crippen LogP contribution in [0.2, 0.25) is 0 Å². The fourth-order valence-corrected chi connectivity index (χ4v) is 2.04. The highest BCUT2D eigenvalue weighted by molar-refractivity contribution is 9.10. The molecule has 98 valence electrons. The van der Waals surface area contributed by atoms with E-state index in [1.165, 1.54) is 6.07 Å². The van der Waals surface area contributed by atoms with Crippen molar-refractivity contribution in [3.63, 3.8) is 0 Å². The third-order valence-electron chi connectivity index (χ3n) is 2.87. The summed E-state index contributed by atoms with van der Waals surface area (Å²) < 4.78 is 14.3. The quantitative estimate of drug-likeness (QED) is 0.869. The van der Waals surface area contributed by atoms with Gasteiger partial charge in [-0.15, -0.1) is 0 Å². The van der Waals surface area contributed by atoms with Gasteiger partial charge in [-0.1, -0.05) is 18.2 Å². The summed E-state index contributed by atoms with van der Waals surface area (Å²) in [6, 6.07) is 10.0. The van der Waals surface area contributed by atoms with Gasteiger partial charge < -0.3 is 5.32 Å². The van der Waals surface area contributed by atoms with Gasteiger partial charge in [0.1, 0.15) is 5.82 Å². The molecule has 0 saturated heterocycles. The number of hydrogen-bond acceptors (Lipinski definition) is 1. The Morgan fingerprint density at radius 2 is 1.89 bits per heavy atom. The van der Waals surface area contributed by atoms with Crippen LogP contribution in [0.25, 0.3) is 0 Å². The molecular formula is C15H13BrFNO. The van der Waals surface area contributed by atoms with Crippen LogP contribution in [0.1, 0.15) is 21.5 Å². The van der Waals surface area contributed by atoms with Gasteiger partial charge >= 0.3 is 0 Å². The Balaban J connectivity index is 2.26. The number of anilines is 1. The van der Waals surface area contributed by atoms with E-state index in [0.717, 1.165) is 10.0 Å². The lowest BCUT2D eigenvalue weighted by molar-refractivity contribution is 0.102. The van der Waals surface area contributed by atoms with E-state index in [9.17, 15) is 9.18 Å². The van der Waals surface area contributed by atoms with Crippen molar-refractivity contribution in [1.29, 1.82) is 0 Å². The zero-order valence-electron chi connectivity index (χ0n) is 10.6. The molecule has 0 atom stereocenters. The lowest BCUT2D eigenvalue weighted by Crippen LogP contribution is -2.13. The minimum atomic E-state index is -0.379. The Kier molecular flexibility index (Phi) is 4.00. The van der Waals surface area contributed by atoms with Gasteiger partial charge in [-0.25, -0.2) is 4.39 Å². The van der Waals surface area contributed by atoms with Gasteiger partial charge in [-0.2, -0.15) is 0 Å². The van der Waals surface area contributed by atoms with Crippen LogP contribution in [-0.2, 0) is 0 Å². The van der Waals surface area contributed by atoms with Crippen molar-refractivity contribution in [3.05, 3.63) is 63.4 Å². The molecule has 0 radical (unpaired) electrons. The second-order valence-electron chi connectivity index (χ2n) is 4.35. The van der Waals surface area contributed by atoms with Gasteiger partial charge in [0.05, 0.1) is 5.69 Å². The van der Waals surface area contributed by atoms with Crippen LogP contribution in [-0.4, -0.2) is 5.91 Å². The number of halogens is 2. The van der Waals surface area contributed by atoms with E-state index in [2.05, 4.69) is 21.2 Å². The maximum absolute atomic E-state index is 13.4. The molecule has 0 aliphatic carbocycles. The van der Waals surface area contributed by atoms with Crippen molar-refractivity contribution in [1.82, 2.24) is 0 Å². The average molecular weight is 322 g/mol. The molecule has 2 aromatic rings. The van der Waals surface area contributed by atoms with E-state index in [4.69, 9.17) is 0 Å². The highest BCUT2D eigenvalue weighted by Gasteiger charge is 2.10. The standard InChI is InChI=1S/C15H13BrFNO/c1-9-6-7-11(8-12(9)17)15(19)18-13-5-3-4-10(2)14(13)16/h3-8H,1-2H3,(H,18,19). The third-order valence-corrected chi connectivity index (χ3v) is 3.93. The number of carbonyl (C=O) groups excluding carboxylic acids is 1. The summed E-state index contributed by atoms with van der Waals surface area (Å²) in [7, 11) is 0. The number of rotatable bonds is 2. The smallest absolute Gasteiger partial charge is 0.255 e. The maximum Gasteiger partial charge on any atom is 0.255 e. The largest absolute Gasteiger partial charge is 0.321 e. The summed E-state index contributed by atoms with van der Waals surface area (Å²) in [5.74, 6) is -0.707. The van der Waals surface area contributed by atoms with Gasteiger partial charge in [-0.3, -0.25) is 4.79 Å². The van der Waals surface area contributed by atoms with Gasteiger partial charge in [0.15, 0.2) is 0 Å². The second-order valence-corrected chi connectivity index (χ2v) is 5.15. The van der Waals surface area contributed by atoms with Crippen molar-refractivity contribution < 1.29 is 9.18 Å². The molecule has 0 aliphatic rings. The first-order valence-electron chi connectivity index (χ1n) is 5.81. The number of carbonyl (C=O) groups is 1. The first-order valence-corrected chi connectivity index (χ1v) is 6.61. The first-order chi connectivity index (χ1) is 8.99. The first kappa shape index (κ1) is 13.7. The molecule has 0 fully saturated rings. The van der Waals surface area contributed by atoms with Crippen LogP contribution in [0, 0.1) is 19.7 Å². The Labute approximate surface area is 119 Å². The lowest BCUT2D eigenvalue weighted by Gasteiger charge is -2.09. The fraction of sp³-hybridized carbons (Fsp3) is 0.133. The second kappa shape index (κ2) is 5.53. The van der Waals surface area contributed by atoms with Gasteiger partial charge in [0.2, 0.25) is 0 Å². The number of benzene rings is 2. The molecule has 1 N–H and O–H groups in total. The average Bonchev–Trinajstić information content (AvgIpc) is 2.38.